The number of rotatable bonds is 6. The molecule has 1 N–H and O–H groups in total. The lowest BCUT2D eigenvalue weighted by Crippen LogP contribution is -2.45. The van der Waals surface area contributed by atoms with Crippen LogP contribution in [0.3, 0.4) is 0 Å². The molecule has 1 aliphatic rings. The van der Waals surface area contributed by atoms with Crippen molar-refractivity contribution >= 4 is 22.9 Å². The molecule has 0 aliphatic carbocycles. The second-order valence-corrected chi connectivity index (χ2v) is 8.79. The van der Waals surface area contributed by atoms with E-state index in [9.17, 15) is 14.0 Å². The number of anilines is 1. The maximum absolute atomic E-state index is 13.6. The summed E-state index contributed by atoms with van der Waals surface area (Å²) in [5, 5.41) is 2.95. The van der Waals surface area contributed by atoms with E-state index >= 15 is 0 Å². The Kier molecular flexibility index (Phi) is 6.52. The predicted octanol–water partition coefficient (Wildman–Crippen LogP) is 3.51. The van der Waals surface area contributed by atoms with E-state index in [4.69, 9.17) is 0 Å². The highest BCUT2D eigenvalue weighted by molar-refractivity contribution is 5.79. The summed E-state index contributed by atoms with van der Waals surface area (Å²) in [6.07, 6.45) is 3.17. The molecule has 1 fully saturated rings. The Bertz CT molecular complexity index is 1390. The number of hydrogen-bond donors (Lipinski definition) is 1. The van der Waals surface area contributed by atoms with E-state index < -0.39 is 0 Å². The molecule has 2 aromatic heterocycles. The summed E-state index contributed by atoms with van der Waals surface area (Å²) in [4.78, 5) is 37.5. The summed E-state index contributed by atoms with van der Waals surface area (Å²) in [5.41, 5.74) is 2.79. The Labute approximate surface area is 202 Å². The summed E-state index contributed by atoms with van der Waals surface area (Å²) in [7, 11) is 0. The molecule has 8 heteroatoms. The minimum absolute atomic E-state index is 0.0777. The lowest BCUT2D eigenvalue weighted by atomic mass is 9.97. The van der Waals surface area contributed by atoms with Gasteiger partial charge in [0, 0.05) is 25.8 Å². The topological polar surface area (TPSA) is 80.1 Å². The summed E-state index contributed by atoms with van der Waals surface area (Å²) < 4.78 is 14.8. The fourth-order valence-corrected chi connectivity index (χ4v) is 4.50. The van der Waals surface area contributed by atoms with Crippen LogP contribution in [0, 0.1) is 11.7 Å². The van der Waals surface area contributed by atoms with Crippen molar-refractivity contribution in [3.8, 4) is 0 Å². The largest absolute Gasteiger partial charge is 0.352 e. The van der Waals surface area contributed by atoms with E-state index in [-0.39, 0.29) is 23.2 Å². The van der Waals surface area contributed by atoms with Gasteiger partial charge < -0.3 is 10.2 Å². The van der Waals surface area contributed by atoms with Gasteiger partial charge >= 0.3 is 0 Å². The lowest BCUT2D eigenvalue weighted by Gasteiger charge is -2.32. The second-order valence-electron chi connectivity index (χ2n) is 8.79. The van der Waals surface area contributed by atoms with Crippen LogP contribution < -0.4 is 15.8 Å². The molecule has 2 aromatic carbocycles. The van der Waals surface area contributed by atoms with Gasteiger partial charge in [0.1, 0.15) is 11.3 Å². The fraction of sp³-hybridized carbons (Fsp3) is 0.259. The number of fused-ring (bicyclic) bond motifs is 1. The van der Waals surface area contributed by atoms with Gasteiger partial charge in [-0.05, 0) is 48.2 Å². The van der Waals surface area contributed by atoms with Crippen molar-refractivity contribution in [1.29, 1.82) is 0 Å². The molecule has 1 atom stereocenters. The number of benzene rings is 2. The number of nitrogens with zero attached hydrogens (tertiary/aromatic N) is 4. The first-order valence-corrected chi connectivity index (χ1v) is 11.7. The zero-order valence-electron chi connectivity index (χ0n) is 19.2. The molecule has 178 valence electrons. The second kappa shape index (κ2) is 10.0. The molecule has 1 unspecified atom stereocenters. The maximum atomic E-state index is 13.6. The number of carbonyl (C=O) groups excluding carboxylic acids is 1. The third kappa shape index (κ3) is 5.06. The number of amides is 1. The molecule has 0 bridgehead atoms. The summed E-state index contributed by atoms with van der Waals surface area (Å²) in [5.74, 6) is -0.305. The highest BCUT2D eigenvalue weighted by Gasteiger charge is 2.28. The van der Waals surface area contributed by atoms with Crippen LogP contribution in [0.15, 0.2) is 77.7 Å². The first-order valence-electron chi connectivity index (χ1n) is 11.7. The van der Waals surface area contributed by atoms with Gasteiger partial charge in [0.2, 0.25) is 5.91 Å². The van der Waals surface area contributed by atoms with E-state index in [1.807, 2.05) is 41.3 Å². The van der Waals surface area contributed by atoms with Gasteiger partial charge in [-0.25, -0.2) is 14.4 Å². The number of carbonyl (C=O) groups is 1. The number of hydrogen-bond acceptors (Lipinski definition) is 5. The molecule has 0 spiro atoms. The molecule has 35 heavy (non-hydrogen) atoms. The molecule has 1 saturated heterocycles. The monoisotopic (exact) mass is 471 g/mol. The summed E-state index contributed by atoms with van der Waals surface area (Å²) in [6, 6.07) is 19.5. The van der Waals surface area contributed by atoms with Gasteiger partial charge in [0.05, 0.1) is 12.5 Å². The van der Waals surface area contributed by atoms with Crippen LogP contribution in [0.1, 0.15) is 24.0 Å². The molecular formula is C27H26FN5O2. The number of nitrogens with one attached hydrogen (secondary N) is 1. The molecule has 1 amide bonds. The molecule has 0 saturated carbocycles. The van der Waals surface area contributed by atoms with Gasteiger partial charge in [-0.2, -0.15) is 0 Å². The van der Waals surface area contributed by atoms with Gasteiger partial charge in [-0.15, -0.1) is 0 Å². The summed E-state index contributed by atoms with van der Waals surface area (Å²) in [6.45, 7) is 1.78. The van der Waals surface area contributed by atoms with Crippen molar-refractivity contribution in [3.05, 3.63) is 100 Å². The van der Waals surface area contributed by atoms with Crippen LogP contribution >= 0.6 is 0 Å². The van der Waals surface area contributed by atoms with E-state index in [1.54, 1.807) is 29.0 Å². The normalized spacial score (nSPS) is 15.8. The van der Waals surface area contributed by atoms with Crippen molar-refractivity contribution in [1.82, 2.24) is 19.9 Å². The van der Waals surface area contributed by atoms with Crippen LogP contribution in [0.2, 0.25) is 0 Å². The SMILES string of the molecule is O=C(NCc1ccc(F)cc1)C1CCCN(c2nc3cccnc3n(Cc3ccccc3)c2=O)C1. The Morgan fingerprint density at radius 1 is 1.03 bits per heavy atom. The maximum Gasteiger partial charge on any atom is 0.295 e. The molecule has 7 nitrogen and oxygen atoms in total. The quantitative estimate of drug-likeness (QED) is 0.466. The van der Waals surface area contributed by atoms with Crippen LogP contribution in [-0.2, 0) is 17.9 Å². The smallest absolute Gasteiger partial charge is 0.295 e. The highest BCUT2D eigenvalue weighted by Crippen LogP contribution is 2.22. The molecule has 0 radical (unpaired) electrons. The fourth-order valence-electron chi connectivity index (χ4n) is 4.50. The lowest BCUT2D eigenvalue weighted by molar-refractivity contribution is -0.125. The molecule has 3 heterocycles. The van der Waals surface area contributed by atoms with Crippen molar-refractivity contribution in [2.45, 2.75) is 25.9 Å². The number of halogens is 1. The third-order valence-electron chi connectivity index (χ3n) is 6.34. The number of piperidine rings is 1. The number of aromatic nitrogens is 3. The van der Waals surface area contributed by atoms with Crippen molar-refractivity contribution in [2.24, 2.45) is 5.92 Å². The van der Waals surface area contributed by atoms with Crippen LogP contribution in [-0.4, -0.2) is 33.5 Å². The van der Waals surface area contributed by atoms with Gasteiger partial charge in [0.15, 0.2) is 11.5 Å². The minimum atomic E-state index is -0.306. The zero-order chi connectivity index (χ0) is 24.2. The van der Waals surface area contributed by atoms with E-state index in [2.05, 4.69) is 15.3 Å². The van der Waals surface area contributed by atoms with E-state index in [0.29, 0.717) is 43.2 Å². The van der Waals surface area contributed by atoms with Crippen LogP contribution in [0.4, 0.5) is 10.2 Å². The summed E-state index contributed by atoms with van der Waals surface area (Å²) >= 11 is 0. The van der Waals surface area contributed by atoms with Crippen molar-refractivity contribution in [2.75, 3.05) is 18.0 Å². The first-order chi connectivity index (χ1) is 17.1. The predicted molar refractivity (Wildman–Crippen MR) is 133 cm³/mol. The minimum Gasteiger partial charge on any atom is -0.352 e. The Morgan fingerprint density at radius 3 is 2.63 bits per heavy atom. The van der Waals surface area contributed by atoms with Gasteiger partial charge in [-0.1, -0.05) is 42.5 Å². The number of pyridine rings is 1. The first kappa shape index (κ1) is 22.7. The average molecular weight is 472 g/mol. The average Bonchev–Trinajstić information content (AvgIpc) is 2.90. The Balaban J connectivity index is 1.38. The zero-order valence-corrected chi connectivity index (χ0v) is 19.2. The standard InChI is InChI=1S/C27H26FN5O2/c28-22-12-10-19(11-13-22)16-30-26(34)21-8-5-15-32(18-21)25-27(35)33(17-20-6-2-1-3-7-20)24-23(31-25)9-4-14-29-24/h1-4,6-7,9-14,21H,5,8,15-18H2,(H,30,34). The van der Waals surface area contributed by atoms with Crippen LogP contribution in [0.25, 0.3) is 11.2 Å². The molecule has 1 aliphatic heterocycles. The highest BCUT2D eigenvalue weighted by atomic mass is 19.1. The van der Waals surface area contributed by atoms with E-state index in [0.717, 1.165) is 24.0 Å². The molecule has 5 rings (SSSR count). The van der Waals surface area contributed by atoms with Crippen molar-refractivity contribution < 1.29 is 9.18 Å². The Hall–Kier alpha value is -4.07. The van der Waals surface area contributed by atoms with E-state index in [1.165, 1.54) is 12.1 Å². The Morgan fingerprint density at radius 2 is 1.83 bits per heavy atom. The van der Waals surface area contributed by atoms with Gasteiger partial charge in [-0.3, -0.25) is 14.2 Å². The molecule has 4 aromatic rings. The molecular weight excluding hydrogens is 445 g/mol. The van der Waals surface area contributed by atoms with Crippen LogP contribution in [0.5, 0.6) is 0 Å². The van der Waals surface area contributed by atoms with Crippen molar-refractivity contribution in [3.63, 3.8) is 0 Å². The van der Waals surface area contributed by atoms with Gasteiger partial charge in [0.25, 0.3) is 5.56 Å². The third-order valence-corrected chi connectivity index (χ3v) is 6.34.